The summed E-state index contributed by atoms with van der Waals surface area (Å²) in [6, 6.07) is 4.52. The summed E-state index contributed by atoms with van der Waals surface area (Å²) in [6.07, 6.45) is 5.49. The van der Waals surface area contributed by atoms with Crippen molar-refractivity contribution in [1.29, 1.82) is 0 Å². The van der Waals surface area contributed by atoms with E-state index in [1.807, 2.05) is 6.07 Å². The normalized spacial score (nSPS) is 12.9. The molecule has 0 spiro atoms. The third kappa shape index (κ3) is 3.92. The van der Waals surface area contributed by atoms with Crippen LogP contribution in [0.4, 0.5) is 8.78 Å². The van der Waals surface area contributed by atoms with E-state index in [0.29, 0.717) is 21.5 Å². The van der Waals surface area contributed by atoms with Gasteiger partial charge in [0, 0.05) is 13.1 Å². The summed E-state index contributed by atoms with van der Waals surface area (Å²) in [4.78, 5) is 22.4. The maximum atomic E-state index is 14.3. The zero-order valence-corrected chi connectivity index (χ0v) is 19.3. The van der Waals surface area contributed by atoms with Crippen LogP contribution in [0.15, 0.2) is 43.1 Å². The first-order valence-electron chi connectivity index (χ1n) is 9.94. The summed E-state index contributed by atoms with van der Waals surface area (Å²) in [5.41, 5.74) is 0.872. The summed E-state index contributed by atoms with van der Waals surface area (Å²) in [6.45, 7) is 2.49. The van der Waals surface area contributed by atoms with Crippen LogP contribution in [0.2, 0.25) is 4.34 Å². The molecule has 1 atom stereocenters. The van der Waals surface area contributed by atoms with Gasteiger partial charge in [-0.2, -0.15) is 13.9 Å². The lowest BCUT2D eigenvalue weighted by Gasteiger charge is -2.15. The van der Waals surface area contributed by atoms with E-state index in [4.69, 9.17) is 11.6 Å². The number of halogens is 3. The Morgan fingerprint density at radius 1 is 1.29 bits per heavy atom. The number of fused-ring (bicyclic) bond motifs is 1. The summed E-state index contributed by atoms with van der Waals surface area (Å²) >= 11 is 7.43. The Hall–Kier alpha value is -3.71. The molecule has 5 aromatic rings. The Morgan fingerprint density at radius 3 is 2.79 bits per heavy atom. The maximum absolute atomic E-state index is 14.3. The minimum Gasteiger partial charge on any atom is -0.342 e. The number of hydrogen-bond acceptors (Lipinski definition) is 7. The van der Waals surface area contributed by atoms with Crippen LogP contribution in [-0.4, -0.2) is 45.5 Å². The summed E-state index contributed by atoms with van der Waals surface area (Å²) in [5.74, 6) is -3.22. The average molecular weight is 504 g/mol. The van der Waals surface area contributed by atoms with E-state index in [-0.39, 0.29) is 11.3 Å². The van der Waals surface area contributed by atoms with E-state index >= 15 is 0 Å². The fraction of sp³-hybridized carbons (Fsp3) is 0.200. The molecule has 0 saturated carbocycles. The largest absolute Gasteiger partial charge is 0.342 e. The van der Waals surface area contributed by atoms with Gasteiger partial charge < -0.3 is 5.32 Å². The number of thiophene rings is 1. The Balaban J connectivity index is 1.67. The smallest absolute Gasteiger partial charge is 0.288 e. The fourth-order valence-corrected chi connectivity index (χ4v) is 4.52. The Labute approximate surface area is 199 Å². The van der Waals surface area contributed by atoms with Gasteiger partial charge in [0.15, 0.2) is 5.65 Å². The van der Waals surface area contributed by atoms with Crippen molar-refractivity contribution in [3.05, 3.63) is 64.5 Å². The van der Waals surface area contributed by atoms with E-state index in [1.54, 1.807) is 29.8 Å². The zero-order valence-electron chi connectivity index (χ0n) is 17.7. The number of nitrogens with one attached hydrogen (secondary N) is 2. The van der Waals surface area contributed by atoms with Gasteiger partial charge in [-0.05, 0) is 25.1 Å². The number of nitrogens with zero attached hydrogens (tertiary/aromatic N) is 7. The number of H-pyrrole nitrogens is 1. The zero-order chi connectivity index (χ0) is 24.0. The molecule has 0 aliphatic rings. The molecule has 0 fully saturated rings. The highest BCUT2D eigenvalue weighted by molar-refractivity contribution is 7.19. The average Bonchev–Trinajstić information content (AvgIpc) is 3.58. The van der Waals surface area contributed by atoms with Gasteiger partial charge in [0.2, 0.25) is 0 Å². The number of amides is 1. The molecule has 5 heterocycles. The molecule has 0 bridgehead atoms. The van der Waals surface area contributed by atoms with Gasteiger partial charge in [0.05, 0.1) is 38.9 Å². The third-order valence-corrected chi connectivity index (χ3v) is 6.35. The molecule has 0 unspecified atom stereocenters. The van der Waals surface area contributed by atoms with E-state index in [1.165, 1.54) is 23.7 Å². The molecule has 0 aliphatic carbocycles. The molecule has 0 saturated heterocycles. The van der Waals surface area contributed by atoms with Crippen molar-refractivity contribution in [1.82, 2.24) is 44.9 Å². The summed E-state index contributed by atoms with van der Waals surface area (Å²) < 4.78 is 31.7. The second kappa shape index (κ2) is 8.25. The van der Waals surface area contributed by atoms with Gasteiger partial charge in [-0.25, -0.2) is 14.6 Å². The predicted octanol–water partition coefficient (Wildman–Crippen LogP) is 4.02. The first-order chi connectivity index (χ1) is 16.2. The summed E-state index contributed by atoms with van der Waals surface area (Å²) in [7, 11) is 0. The van der Waals surface area contributed by atoms with Crippen LogP contribution in [0, 0.1) is 0 Å². The van der Waals surface area contributed by atoms with Crippen LogP contribution in [0.1, 0.15) is 41.8 Å². The number of carbonyl (C=O) groups excluding carboxylic acids is 1. The highest BCUT2D eigenvalue weighted by Gasteiger charge is 2.31. The molecule has 5 rings (SSSR count). The number of alkyl halides is 2. The van der Waals surface area contributed by atoms with Crippen LogP contribution in [0.25, 0.3) is 21.9 Å². The molecule has 10 nitrogen and oxygen atoms in total. The number of hydrogen-bond donors (Lipinski definition) is 2. The Kier molecular flexibility index (Phi) is 5.37. The molecule has 1 amide bonds. The van der Waals surface area contributed by atoms with E-state index in [0.717, 1.165) is 22.7 Å². The Bertz CT molecular complexity index is 1490. The number of carbonyl (C=O) groups is 1. The van der Waals surface area contributed by atoms with Crippen molar-refractivity contribution < 1.29 is 13.6 Å². The van der Waals surface area contributed by atoms with Crippen molar-refractivity contribution >= 4 is 34.5 Å². The lowest BCUT2D eigenvalue weighted by Crippen LogP contribution is -2.28. The number of rotatable bonds is 6. The van der Waals surface area contributed by atoms with E-state index in [9.17, 15) is 13.6 Å². The second-order valence-electron chi connectivity index (χ2n) is 7.54. The molecule has 5 aromatic heterocycles. The lowest BCUT2D eigenvalue weighted by atomic mass is 10.2. The van der Waals surface area contributed by atoms with E-state index in [2.05, 4.69) is 35.8 Å². The van der Waals surface area contributed by atoms with Gasteiger partial charge in [-0.1, -0.05) is 16.8 Å². The minimum absolute atomic E-state index is 0.169. The molecular weight excluding hydrogens is 488 g/mol. The van der Waals surface area contributed by atoms with Gasteiger partial charge in [0.25, 0.3) is 11.8 Å². The second-order valence-corrected chi connectivity index (χ2v) is 9.26. The number of aromatic amines is 1. The quantitative estimate of drug-likeness (QED) is 0.361. The first kappa shape index (κ1) is 22.1. The SMILES string of the molecule is C[C@H](NC(=O)c1cc(-n2nncc2C(C)(F)F)c2ncc(-c3ccc(Cl)s3)n2c1)c1ncn[nH]1. The minimum atomic E-state index is -3.23. The standard InChI is InChI=1S/C20H16ClF2N9OS/c1-10(17-25-9-27-29-17)28-19(33)11-5-12(32-15(7-26-30-32)20(2,22)23)18-24-6-13(31(18)8-11)14-3-4-16(21)34-14/h3-10H,1-2H3,(H,28,33)(H,25,27,29)/t10-/m0/s1. The van der Waals surface area contributed by atoms with Gasteiger partial charge in [-0.3, -0.25) is 14.3 Å². The number of imidazole rings is 1. The highest BCUT2D eigenvalue weighted by atomic mass is 35.5. The molecule has 2 N–H and O–H groups in total. The molecule has 0 aromatic carbocycles. The predicted molar refractivity (Wildman–Crippen MR) is 120 cm³/mol. The highest BCUT2D eigenvalue weighted by Crippen LogP contribution is 2.34. The maximum Gasteiger partial charge on any atom is 0.288 e. The lowest BCUT2D eigenvalue weighted by molar-refractivity contribution is 0.0103. The monoisotopic (exact) mass is 503 g/mol. The van der Waals surface area contributed by atoms with Gasteiger partial charge in [0.1, 0.15) is 23.5 Å². The molecule has 174 valence electrons. The van der Waals surface area contributed by atoms with Crippen molar-refractivity contribution in [2.75, 3.05) is 0 Å². The number of pyridine rings is 1. The van der Waals surface area contributed by atoms with Gasteiger partial charge >= 0.3 is 0 Å². The molecule has 14 heteroatoms. The molecule has 34 heavy (non-hydrogen) atoms. The van der Waals surface area contributed by atoms with Gasteiger partial charge in [-0.15, -0.1) is 16.4 Å². The third-order valence-electron chi connectivity index (χ3n) is 5.09. The van der Waals surface area contributed by atoms with Crippen LogP contribution in [0.5, 0.6) is 0 Å². The number of aromatic nitrogens is 8. The fourth-order valence-electron chi connectivity index (χ4n) is 3.47. The topological polar surface area (TPSA) is 119 Å². The molecule has 0 radical (unpaired) electrons. The van der Waals surface area contributed by atoms with Crippen LogP contribution >= 0.6 is 22.9 Å². The first-order valence-corrected chi connectivity index (χ1v) is 11.1. The van der Waals surface area contributed by atoms with Crippen molar-refractivity contribution in [3.8, 4) is 16.3 Å². The van der Waals surface area contributed by atoms with Crippen molar-refractivity contribution in [3.63, 3.8) is 0 Å². The van der Waals surface area contributed by atoms with Crippen LogP contribution in [-0.2, 0) is 5.92 Å². The van der Waals surface area contributed by atoms with Crippen molar-refractivity contribution in [2.24, 2.45) is 0 Å². The molecule has 0 aliphatic heterocycles. The van der Waals surface area contributed by atoms with E-state index < -0.39 is 23.6 Å². The van der Waals surface area contributed by atoms with Crippen molar-refractivity contribution in [2.45, 2.75) is 25.8 Å². The molecular formula is C20H16ClF2N9OS. The van der Waals surface area contributed by atoms with Crippen LogP contribution < -0.4 is 5.32 Å². The summed E-state index contributed by atoms with van der Waals surface area (Å²) in [5, 5.41) is 16.8. The Morgan fingerprint density at radius 2 is 2.12 bits per heavy atom. The van der Waals surface area contributed by atoms with Crippen LogP contribution in [0.3, 0.4) is 0 Å².